The molecule has 0 aromatic heterocycles. The van der Waals surface area contributed by atoms with Gasteiger partial charge in [-0.3, -0.25) is 0 Å². The molecular weight excluding hydrogens is 160 g/mol. The summed E-state index contributed by atoms with van der Waals surface area (Å²) < 4.78 is 47.9. The summed E-state index contributed by atoms with van der Waals surface area (Å²) in [6.07, 6.45) is -1.41. The average molecular weight is 165 g/mol. The number of rotatable bonds is 0. The number of alkyl halides is 3. The summed E-state index contributed by atoms with van der Waals surface area (Å²) in [5, 5.41) is 0. The van der Waals surface area contributed by atoms with Crippen molar-refractivity contribution in [3.05, 3.63) is 30.0 Å². The van der Waals surface area contributed by atoms with Crippen LogP contribution in [-0.4, -0.2) is 6.18 Å². The second kappa shape index (κ2) is 2.68. The Balaban J connectivity index is 2.93. The maximum absolute atomic E-state index is 12.4. The molecule has 0 bridgehead atoms. The molecule has 0 amide bonds. The lowest BCUT2D eigenvalue weighted by Gasteiger charge is -2.11. The highest BCUT2D eigenvalue weighted by molar-refractivity contribution is 5.34. The van der Waals surface area contributed by atoms with Crippen LogP contribution in [0.25, 0.3) is 0 Å². The summed E-state index contributed by atoms with van der Waals surface area (Å²) in [4.78, 5) is 0. The van der Waals surface area contributed by atoms with Gasteiger partial charge in [0.1, 0.15) is 5.83 Å². The van der Waals surface area contributed by atoms with Crippen LogP contribution in [0.4, 0.5) is 17.6 Å². The molecule has 0 aromatic rings. The summed E-state index contributed by atoms with van der Waals surface area (Å²) in [5.74, 6) is -1.18. The predicted octanol–water partition coefficient (Wildman–Crippen LogP) is 2.94. The van der Waals surface area contributed by atoms with Gasteiger partial charge >= 0.3 is 6.18 Å². The Bertz CT molecular complexity index is 209. The van der Waals surface area contributed by atoms with Crippen molar-refractivity contribution in [3.63, 3.8) is 0 Å². The summed E-state index contributed by atoms with van der Waals surface area (Å²) in [5.41, 5.74) is -1.19. The molecular formula is C7H5F4. The number of halogens is 4. The van der Waals surface area contributed by atoms with E-state index in [0.29, 0.717) is 0 Å². The lowest BCUT2D eigenvalue weighted by molar-refractivity contribution is -0.0900. The number of hydrogen-bond donors (Lipinski definition) is 0. The maximum atomic E-state index is 12.4. The lowest BCUT2D eigenvalue weighted by atomic mass is 10.1. The van der Waals surface area contributed by atoms with Gasteiger partial charge in [-0.25, -0.2) is 4.39 Å². The van der Waals surface area contributed by atoms with Crippen molar-refractivity contribution in [2.75, 3.05) is 0 Å². The first-order valence-electron chi connectivity index (χ1n) is 2.98. The number of allylic oxidation sites excluding steroid dienone is 4. The molecule has 4 heteroatoms. The van der Waals surface area contributed by atoms with Gasteiger partial charge in [-0.05, 0) is 6.42 Å². The third kappa shape index (κ3) is 1.82. The standard InChI is InChI=1S/C7H5F4/c8-6-4-2-1-3-5(6)7(9,10)11/h1,3-4H,2H2. The largest absolute Gasteiger partial charge is 0.418 e. The molecule has 0 saturated heterocycles. The molecule has 0 N–H and O–H groups in total. The SMILES string of the molecule is FC1=C(C(F)(F)F)C=CC[CH]1. The van der Waals surface area contributed by atoms with Crippen LogP contribution in [0.5, 0.6) is 0 Å². The van der Waals surface area contributed by atoms with Gasteiger partial charge in [0.25, 0.3) is 0 Å². The molecule has 1 radical (unpaired) electrons. The van der Waals surface area contributed by atoms with Gasteiger partial charge in [0.15, 0.2) is 0 Å². The van der Waals surface area contributed by atoms with E-state index in [1.807, 2.05) is 0 Å². The molecule has 0 aliphatic heterocycles. The molecule has 61 valence electrons. The van der Waals surface area contributed by atoms with Gasteiger partial charge in [-0.15, -0.1) is 0 Å². The van der Waals surface area contributed by atoms with Crippen molar-refractivity contribution in [2.24, 2.45) is 0 Å². The highest BCUT2D eigenvalue weighted by Crippen LogP contribution is 2.33. The molecule has 1 aliphatic carbocycles. The molecule has 0 saturated carbocycles. The summed E-state index contributed by atoms with van der Waals surface area (Å²) in [7, 11) is 0. The van der Waals surface area contributed by atoms with Crippen LogP contribution in [0.2, 0.25) is 0 Å². The first-order valence-corrected chi connectivity index (χ1v) is 2.98. The molecule has 1 rings (SSSR count). The third-order valence-corrected chi connectivity index (χ3v) is 1.28. The van der Waals surface area contributed by atoms with Gasteiger partial charge in [-0.1, -0.05) is 12.2 Å². The van der Waals surface area contributed by atoms with E-state index in [1.165, 1.54) is 6.08 Å². The summed E-state index contributed by atoms with van der Waals surface area (Å²) in [6.45, 7) is 0. The van der Waals surface area contributed by atoms with Gasteiger partial charge in [0.2, 0.25) is 0 Å². The van der Waals surface area contributed by atoms with Crippen LogP contribution in [0, 0.1) is 6.42 Å². The van der Waals surface area contributed by atoms with Gasteiger partial charge in [0, 0.05) is 6.42 Å². The topological polar surface area (TPSA) is 0 Å². The van der Waals surface area contributed by atoms with Crippen LogP contribution in [0.3, 0.4) is 0 Å². The van der Waals surface area contributed by atoms with Crippen molar-refractivity contribution in [3.8, 4) is 0 Å². The summed E-state index contributed by atoms with van der Waals surface area (Å²) >= 11 is 0. The van der Waals surface area contributed by atoms with Crippen LogP contribution >= 0.6 is 0 Å². The fraction of sp³-hybridized carbons (Fsp3) is 0.286. The predicted molar refractivity (Wildman–Crippen MR) is 32.2 cm³/mol. The van der Waals surface area contributed by atoms with E-state index in [-0.39, 0.29) is 6.42 Å². The smallest absolute Gasteiger partial charge is 0.211 e. The molecule has 11 heavy (non-hydrogen) atoms. The van der Waals surface area contributed by atoms with Crippen LogP contribution in [0.1, 0.15) is 6.42 Å². The van der Waals surface area contributed by atoms with E-state index in [9.17, 15) is 17.6 Å². The molecule has 0 spiro atoms. The van der Waals surface area contributed by atoms with Crippen molar-refractivity contribution < 1.29 is 17.6 Å². The van der Waals surface area contributed by atoms with E-state index < -0.39 is 17.6 Å². The first kappa shape index (κ1) is 8.30. The molecule has 0 fully saturated rings. The van der Waals surface area contributed by atoms with Crippen molar-refractivity contribution in [1.82, 2.24) is 0 Å². The zero-order chi connectivity index (χ0) is 8.48. The van der Waals surface area contributed by atoms with E-state index in [4.69, 9.17) is 0 Å². The molecule has 0 unspecified atom stereocenters. The molecule has 0 nitrogen and oxygen atoms in total. The van der Waals surface area contributed by atoms with Crippen LogP contribution < -0.4 is 0 Å². The van der Waals surface area contributed by atoms with E-state index in [2.05, 4.69) is 0 Å². The molecule has 0 atom stereocenters. The molecule has 0 aromatic carbocycles. The Morgan fingerprint density at radius 3 is 2.27 bits per heavy atom. The number of hydrogen-bond acceptors (Lipinski definition) is 0. The minimum Gasteiger partial charge on any atom is -0.211 e. The normalized spacial score (nSPS) is 19.3. The fourth-order valence-electron chi connectivity index (χ4n) is 0.777. The Labute approximate surface area is 61.2 Å². The van der Waals surface area contributed by atoms with Crippen molar-refractivity contribution >= 4 is 0 Å². The monoisotopic (exact) mass is 165 g/mol. The Morgan fingerprint density at radius 1 is 1.27 bits per heavy atom. The molecule has 0 heterocycles. The van der Waals surface area contributed by atoms with Crippen molar-refractivity contribution in [2.45, 2.75) is 12.6 Å². The van der Waals surface area contributed by atoms with Gasteiger partial charge < -0.3 is 0 Å². The molecule has 1 aliphatic rings. The second-order valence-corrected chi connectivity index (χ2v) is 2.10. The van der Waals surface area contributed by atoms with E-state index in [1.54, 1.807) is 0 Å². The fourth-order valence-corrected chi connectivity index (χ4v) is 0.777. The lowest BCUT2D eigenvalue weighted by Crippen LogP contribution is -2.13. The first-order chi connectivity index (χ1) is 5.02. The van der Waals surface area contributed by atoms with E-state index >= 15 is 0 Å². The zero-order valence-electron chi connectivity index (χ0n) is 5.45. The summed E-state index contributed by atoms with van der Waals surface area (Å²) in [6, 6.07) is 0. The second-order valence-electron chi connectivity index (χ2n) is 2.10. The van der Waals surface area contributed by atoms with E-state index in [0.717, 1.165) is 12.5 Å². The highest BCUT2D eigenvalue weighted by atomic mass is 19.4. The van der Waals surface area contributed by atoms with Gasteiger partial charge in [0.05, 0.1) is 5.57 Å². The Morgan fingerprint density at radius 2 is 1.91 bits per heavy atom. The Hall–Kier alpha value is -0.800. The van der Waals surface area contributed by atoms with Crippen LogP contribution in [0.15, 0.2) is 23.6 Å². The minimum absolute atomic E-state index is 0.228. The van der Waals surface area contributed by atoms with Crippen LogP contribution in [-0.2, 0) is 0 Å². The quantitative estimate of drug-likeness (QED) is 0.484. The minimum atomic E-state index is -4.57. The highest BCUT2D eigenvalue weighted by Gasteiger charge is 2.35. The third-order valence-electron chi connectivity index (χ3n) is 1.28. The zero-order valence-corrected chi connectivity index (χ0v) is 5.45. The van der Waals surface area contributed by atoms with Gasteiger partial charge in [-0.2, -0.15) is 13.2 Å². The Kier molecular flexibility index (Phi) is 2.02. The average Bonchev–Trinajstić information content (AvgIpc) is 1.86. The van der Waals surface area contributed by atoms with Crippen molar-refractivity contribution in [1.29, 1.82) is 0 Å². The maximum Gasteiger partial charge on any atom is 0.418 e.